The highest BCUT2D eigenvalue weighted by Gasteiger charge is 2.14. The molecule has 1 aromatic rings. The van der Waals surface area contributed by atoms with Crippen LogP contribution in [-0.2, 0) is 0 Å². The van der Waals surface area contributed by atoms with E-state index >= 15 is 0 Å². The van der Waals surface area contributed by atoms with Gasteiger partial charge < -0.3 is 4.42 Å². The Hall–Kier alpha value is -0.220. The highest BCUT2D eigenvalue weighted by atomic mass is 79.9. The number of thioether (sulfide) groups is 1. The molecule has 1 atom stereocenters. The molecule has 1 unspecified atom stereocenters. The predicted octanol–water partition coefficient (Wildman–Crippen LogP) is 3.76. The normalized spacial score (nSPS) is 12.8. The maximum Gasteiger partial charge on any atom is 0.209 e. The van der Waals surface area contributed by atoms with Crippen LogP contribution in [0.1, 0.15) is 30.8 Å². The van der Waals surface area contributed by atoms with Crippen molar-refractivity contribution in [3.63, 3.8) is 0 Å². The number of hydrogen-bond acceptors (Lipinski definition) is 3. The number of halogens is 1. The molecule has 0 saturated carbocycles. The summed E-state index contributed by atoms with van der Waals surface area (Å²) >= 11 is 4.93. The van der Waals surface area contributed by atoms with Crippen molar-refractivity contribution in [3.05, 3.63) is 22.6 Å². The fourth-order valence-electron chi connectivity index (χ4n) is 0.894. The number of furan rings is 1. The van der Waals surface area contributed by atoms with Crippen molar-refractivity contribution in [1.82, 2.24) is 0 Å². The predicted molar refractivity (Wildman–Crippen MR) is 62.9 cm³/mol. The van der Waals surface area contributed by atoms with Gasteiger partial charge in [0.15, 0.2) is 5.76 Å². The number of hydrogen-bond donors (Lipinski definition) is 0. The van der Waals surface area contributed by atoms with E-state index in [9.17, 15) is 4.79 Å². The molecule has 0 aliphatic rings. The zero-order chi connectivity index (χ0) is 10.6. The number of ketones is 1. The van der Waals surface area contributed by atoms with Crippen LogP contribution >= 0.6 is 27.7 Å². The molecule has 0 radical (unpaired) electrons. The van der Waals surface area contributed by atoms with Crippen molar-refractivity contribution in [1.29, 1.82) is 0 Å². The number of carbonyl (C=O) groups excluding carboxylic acids is 1. The van der Waals surface area contributed by atoms with Gasteiger partial charge in [-0.25, -0.2) is 0 Å². The van der Waals surface area contributed by atoms with Gasteiger partial charge in [-0.15, -0.1) is 0 Å². The molecule has 0 aromatic carbocycles. The highest BCUT2D eigenvalue weighted by Crippen LogP contribution is 2.21. The van der Waals surface area contributed by atoms with Crippen LogP contribution in [0.25, 0.3) is 0 Å². The third-order valence-electron chi connectivity index (χ3n) is 1.94. The Morgan fingerprint density at radius 3 is 2.93 bits per heavy atom. The first-order valence-electron chi connectivity index (χ1n) is 4.53. The summed E-state index contributed by atoms with van der Waals surface area (Å²) in [4.78, 5) is 11.6. The average molecular weight is 277 g/mol. The van der Waals surface area contributed by atoms with Gasteiger partial charge in [-0.05, 0) is 28.4 Å². The van der Waals surface area contributed by atoms with E-state index in [-0.39, 0.29) is 5.78 Å². The monoisotopic (exact) mass is 276 g/mol. The van der Waals surface area contributed by atoms with Gasteiger partial charge in [-0.2, -0.15) is 11.8 Å². The first kappa shape index (κ1) is 11.9. The Labute approximate surface area is 96.6 Å². The van der Waals surface area contributed by atoms with E-state index in [1.54, 1.807) is 17.8 Å². The van der Waals surface area contributed by atoms with Gasteiger partial charge in [-0.1, -0.05) is 13.8 Å². The van der Waals surface area contributed by atoms with Crippen LogP contribution in [0.5, 0.6) is 0 Å². The van der Waals surface area contributed by atoms with Crippen molar-refractivity contribution in [2.24, 2.45) is 0 Å². The van der Waals surface area contributed by atoms with Crippen LogP contribution in [0.15, 0.2) is 21.2 Å². The lowest BCUT2D eigenvalue weighted by molar-refractivity contribution is 0.0991. The summed E-state index contributed by atoms with van der Waals surface area (Å²) in [6.07, 6.45) is 2.60. The van der Waals surface area contributed by atoms with E-state index in [1.165, 1.54) is 6.26 Å². The molecule has 0 fully saturated rings. The van der Waals surface area contributed by atoms with Crippen molar-refractivity contribution >= 4 is 33.5 Å². The molecule has 78 valence electrons. The minimum absolute atomic E-state index is 0.0483. The zero-order valence-electron chi connectivity index (χ0n) is 8.25. The Morgan fingerprint density at radius 2 is 2.43 bits per heavy atom. The van der Waals surface area contributed by atoms with E-state index in [0.29, 0.717) is 16.8 Å². The molecular weight excluding hydrogens is 264 g/mol. The Morgan fingerprint density at radius 1 is 1.71 bits per heavy atom. The quantitative estimate of drug-likeness (QED) is 0.768. The second kappa shape index (κ2) is 5.61. The lowest BCUT2D eigenvalue weighted by Gasteiger charge is -2.05. The minimum Gasteiger partial charge on any atom is -0.460 e. The van der Waals surface area contributed by atoms with Crippen molar-refractivity contribution in [2.75, 3.05) is 5.75 Å². The van der Waals surface area contributed by atoms with Crippen LogP contribution in [0.4, 0.5) is 0 Å². The molecule has 1 aromatic heterocycles. The number of rotatable bonds is 5. The number of carbonyl (C=O) groups is 1. The summed E-state index contributed by atoms with van der Waals surface area (Å²) in [5, 5.41) is 0.521. The van der Waals surface area contributed by atoms with Crippen LogP contribution in [-0.4, -0.2) is 16.8 Å². The van der Waals surface area contributed by atoms with Gasteiger partial charge in [0, 0.05) is 5.25 Å². The molecule has 14 heavy (non-hydrogen) atoms. The van der Waals surface area contributed by atoms with Gasteiger partial charge in [0.05, 0.1) is 16.5 Å². The van der Waals surface area contributed by atoms with Crippen molar-refractivity contribution in [3.8, 4) is 0 Å². The third-order valence-corrected chi connectivity index (χ3v) is 3.90. The Bertz CT molecular complexity index is 309. The molecule has 2 nitrogen and oxygen atoms in total. The van der Waals surface area contributed by atoms with E-state index in [1.807, 2.05) is 0 Å². The molecule has 1 heterocycles. The van der Waals surface area contributed by atoms with Gasteiger partial charge in [-0.3, -0.25) is 4.79 Å². The number of Topliss-reactive ketones (excluding diaryl/α,β-unsaturated/α-hetero) is 1. The molecule has 0 amide bonds. The minimum atomic E-state index is 0.0483. The Kier molecular flexibility index (Phi) is 4.75. The molecule has 0 spiro atoms. The summed E-state index contributed by atoms with van der Waals surface area (Å²) in [6, 6.07) is 1.74. The van der Waals surface area contributed by atoms with Crippen LogP contribution < -0.4 is 0 Å². The highest BCUT2D eigenvalue weighted by molar-refractivity contribution is 9.10. The smallest absolute Gasteiger partial charge is 0.209 e. The van der Waals surface area contributed by atoms with Gasteiger partial charge >= 0.3 is 0 Å². The largest absolute Gasteiger partial charge is 0.460 e. The molecule has 4 heteroatoms. The van der Waals surface area contributed by atoms with Gasteiger partial charge in [0.25, 0.3) is 0 Å². The standard InChI is InChI=1S/C10H13BrO2S/c1-3-7(2)14-6-9(12)10-8(11)4-5-13-10/h4-5,7H,3,6H2,1-2H3. The second-order valence-corrected chi connectivity index (χ2v) is 5.33. The summed E-state index contributed by atoms with van der Waals surface area (Å²) in [7, 11) is 0. The lowest BCUT2D eigenvalue weighted by atomic mass is 10.3. The van der Waals surface area contributed by atoms with Crippen molar-refractivity contribution < 1.29 is 9.21 Å². The molecule has 0 N–H and O–H groups in total. The second-order valence-electron chi connectivity index (χ2n) is 3.05. The lowest BCUT2D eigenvalue weighted by Crippen LogP contribution is -2.05. The van der Waals surface area contributed by atoms with Crippen molar-refractivity contribution in [2.45, 2.75) is 25.5 Å². The summed E-state index contributed by atoms with van der Waals surface area (Å²) in [6.45, 7) is 4.24. The summed E-state index contributed by atoms with van der Waals surface area (Å²) < 4.78 is 5.83. The van der Waals surface area contributed by atoms with Crippen LogP contribution in [0, 0.1) is 0 Å². The maximum atomic E-state index is 11.6. The first-order valence-corrected chi connectivity index (χ1v) is 6.37. The van der Waals surface area contributed by atoms with E-state index in [4.69, 9.17) is 4.42 Å². The molecule has 0 bridgehead atoms. The summed E-state index contributed by atoms with van der Waals surface area (Å²) in [5.74, 6) is 0.967. The van der Waals surface area contributed by atoms with Crippen LogP contribution in [0.3, 0.4) is 0 Å². The fraction of sp³-hybridized carbons (Fsp3) is 0.500. The molecule has 1 rings (SSSR count). The average Bonchev–Trinajstić information content (AvgIpc) is 2.60. The molecule has 0 saturated heterocycles. The van der Waals surface area contributed by atoms with Gasteiger partial charge in [0.2, 0.25) is 5.78 Å². The summed E-state index contributed by atoms with van der Waals surface area (Å²) in [5.41, 5.74) is 0. The molecule has 0 aliphatic carbocycles. The van der Waals surface area contributed by atoms with E-state index in [2.05, 4.69) is 29.8 Å². The van der Waals surface area contributed by atoms with E-state index in [0.717, 1.165) is 10.9 Å². The molecule has 0 aliphatic heterocycles. The fourth-order valence-corrected chi connectivity index (χ4v) is 2.12. The van der Waals surface area contributed by atoms with Gasteiger partial charge in [0.1, 0.15) is 0 Å². The zero-order valence-corrected chi connectivity index (χ0v) is 10.7. The maximum absolute atomic E-state index is 11.6. The topological polar surface area (TPSA) is 30.2 Å². The molecular formula is C10H13BrO2S. The Balaban J connectivity index is 2.47. The van der Waals surface area contributed by atoms with Crippen LogP contribution in [0.2, 0.25) is 0 Å². The van der Waals surface area contributed by atoms with E-state index < -0.39 is 0 Å². The SMILES string of the molecule is CCC(C)SCC(=O)c1occc1Br. The third kappa shape index (κ3) is 3.17. The first-order chi connectivity index (χ1) is 6.65.